The van der Waals surface area contributed by atoms with Gasteiger partial charge in [-0.05, 0) is 49.6 Å². The minimum Gasteiger partial charge on any atom is -0.478 e. The fourth-order valence-corrected chi connectivity index (χ4v) is 3.20. The highest BCUT2D eigenvalue weighted by Gasteiger charge is 2.42. The third-order valence-electron chi connectivity index (χ3n) is 3.74. The molecule has 3 rings (SSSR count). The maximum Gasteiger partial charge on any atom is 0.210 e. The fraction of sp³-hybridized carbons (Fsp3) is 0.167. The molecule has 1 aliphatic heterocycles. The molecule has 0 saturated carbocycles. The van der Waals surface area contributed by atoms with E-state index in [1.54, 1.807) is 19.9 Å². The minimum atomic E-state index is -0.895. The largest absolute Gasteiger partial charge is 0.478 e. The predicted molar refractivity (Wildman–Crippen MR) is 94.9 cm³/mol. The van der Waals surface area contributed by atoms with Crippen LogP contribution >= 0.6 is 23.5 Å². The lowest BCUT2D eigenvalue weighted by atomic mass is 9.93. The van der Waals surface area contributed by atoms with Crippen molar-refractivity contribution in [1.82, 2.24) is 0 Å². The van der Waals surface area contributed by atoms with Crippen molar-refractivity contribution < 1.29 is 9.53 Å². The number of carbonyl (C=O) groups excluding carboxylic acids is 1. The summed E-state index contributed by atoms with van der Waals surface area (Å²) in [4.78, 5) is 13.6. The first-order valence-corrected chi connectivity index (χ1v) is 8.40. The van der Waals surface area contributed by atoms with Crippen molar-refractivity contribution in [3.8, 4) is 0 Å². The molecule has 2 N–H and O–H groups in total. The Morgan fingerprint density at radius 2 is 1.78 bits per heavy atom. The smallest absolute Gasteiger partial charge is 0.210 e. The fourth-order valence-electron chi connectivity index (χ4n) is 2.56. The maximum absolute atomic E-state index is 12.8. The summed E-state index contributed by atoms with van der Waals surface area (Å²) in [6.07, 6.45) is 0. The van der Waals surface area contributed by atoms with E-state index >= 15 is 0 Å². The average molecular weight is 346 g/mol. The highest BCUT2D eigenvalue weighted by Crippen LogP contribution is 2.42. The zero-order valence-electron chi connectivity index (χ0n) is 12.8. The Kier molecular flexibility index (Phi) is 4.23. The van der Waals surface area contributed by atoms with E-state index in [0.717, 1.165) is 28.0 Å². The second-order valence-corrected chi connectivity index (χ2v) is 6.86. The van der Waals surface area contributed by atoms with Crippen molar-refractivity contribution in [2.45, 2.75) is 24.3 Å². The monoisotopic (exact) mass is 345 g/mol. The van der Waals surface area contributed by atoms with E-state index in [1.807, 2.05) is 42.5 Å². The second kappa shape index (κ2) is 6.04. The van der Waals surface area contributed by atoms with Gasteiger partial charge < -0.3 is 4.74 Å². The summed E-state index contributed by atoms with van der Waals surface area (Å²) in [6.45, 7) is 3.55. The number of halogens is 1. The van der Waals surface area contributed by atoms with Crippen LogP contribution in [0.25, 0.3) is 11.3 Å². The summed E-state index contributed by atoms with van der Waals surface area (Å²) in [5.41, 5.74) is 1.30. The third kappa shape index (κ3) is 2.90. The Balaban J connectivity index is 2.18. The summed E-state index contributed by atoms with van der Waals surface area (Å²) >= 11 is 7.33. The Morgan fingerprint density at radius 3 is 2.39 bits per heavy atom. The number of ether oxygens (including phenoxy) is 1. The van der Waals surface area contributed by atoms with Crippen molar-refractivity contribution >= 4 is 40.7 Å². The second-order valence-electron chi connectivity index (χ2n) is 5.77. The van der Waals surface area contributed by atoms with Gasteiger partial charge in [-0.15, -0.1) is 0 Å². The van der Waals surface area contributed by atoms with Crippen LogP contribution in [0.5, 0.6) is 0 Å². The van der Waals surface area contributed by atoms with E-state index in [0.29, 0.717) is 16.4 Å². The van der Waals surface area contributed by atoms with Gasteiger partial charge in [0, 0.05) is 10.5 Å². The highest BCUT2D eigenvalue weighted by molar-refractivity contribution is 7.97. The Hall–Kier alpha value is -1.75. The highest BCUT2D eigenvalue weighted by atomic mass is 35.5. The van der Waals surface area contributed by atoms with Crippen LogP contribution in [-0.2, 0) is 9.53 Å². The molecule has 0 unspecified atom stereocenters. The lowest BCUT2D eigenvalue weighted by Crippen LogP contribution is -2.29. The van der Waals surface area contributed by atoms with Crippen LogP contribution in [0.15, 0.2) is 53.4 Å². The lowest BCUT2D eigenvalue weighted by molar-refractivity contribution is -0.125. The number of Topliss-reactive ketones (excluding diaryl/α,β-unsaturated/α-hetero) is 1. The molecule has 0 aromatic heterocycles. The zero-order chi connectivity index (χ0) is 16.6. The molecule has 0 saturated heterocycles. The van der Waals surface area contributed by atoms with Gasteiger partial charge in [-0.1, -0.05) is 41.9 Å². The molecule has 3 nitrogen and oxygen atoms in total. The number of carbonyl (C=O) groups is 1. The molecule has 0 atom stereocenters. The van der Waals surface area contributed by atoms with Crippen LogP contribution in [0.1, 0.15) is 25.0 Å². The van der Waals surface area contributed by atoms with Crippen molar-refractivity contribution in [3.63, 3.8) is 0 Å². The van der Waals surface area contributed by atoms with Crippen LogP contribution in [0, 0.1) is 0 Å². The number of rotatable bonds is 3. The molecular weight excluding hydrogens is 330 g/mol. The van der Waals surface area contributed by atoms with Gasteiger partial charge in [-0.25, -0.2) is 0 Å². The number of ketones is 1. The molecule has 2 aromatic carbocycles. The number of hydrogen-bond donors (Lipinski definition) is 1. The Bertz CT molecular complexity index is 800. The average Bonchev–Trinajstić information content (AvgIpc) is 2.78. The first kappa shape index (κ1) is 16.1. The van der Waals surface area contributed by atoms with Gasteiger partial charge in [-0.2, -0.15) is 0 Å². The summed E-state index contributed by atoms with van der Waals surface area (Å²) in [5, 5.41) is 6.11. The van der Waals surface area contributed by atoms with Gasteiger partial charge in [0.2, 0.25) is 5.78 Å². The van der Waals surface area contributed by atoms with Gasteiger partial charge in [0.1, 0.15) is 5.76 Å². The van der Waals surface area contributed by atoms with Gasteiger partial charge in [0.05, 0.1) is 10.6 Å². The zero-order valence-corrected chi connectivity index (χ0v) is 14.4. The van der Waals surface area contributed by atoms with Crippen LogP contribution in [0.4, 0.5) is 0 Å². The van der Waals surface area contributed by atoms with E-state index in [4.69, 9.17) is 21.5 Å². The van der Waals surface area contributed by atoms with Crippen molar-refractivity contribution in [2.75, 3.05) is 0 Å². The molecule has 0 aliphatic carbocycles. The summed E-state index contributed by atoms with van der Waals surface area (Å²) < 4.78 is 5.98. The first-order chi connectivity index (χ1) is 10.9. The van der Waals surface area contributed by atoms with E-state index < -0.39 is 5.60 Å². The molecule has 0 amide bonds. The molecule has 0 bridgehead atoms. The van der Waals surface area contributed by atoms with E-state index in [9.17, 15) is 4.79 Å². The van der Waals surface area contributed by atoms with Crippen molar-refractivity contribution in [3.05, 3.63) is 64.7 Å². The van der Waals surface area contributed by atoms with Crippen molar-refractivity contribution in [2.24, 2.45) is 5.14 Å². The first-order valence-electron chi connectivity index (χ1n) is 7.14. The van der Waals surface area contributed by atoms with Crippen molar-refractivity contribution in [1.29, 1.82) is 0 Å². The number of hydrogen-bond acceptors (Lipinski definition) is 4. The molecule has 0 fully saturated rings. The molecule has 0 spiro atoms. The lowest BCUT2D eigenvalue weighted by Gasteiger charge is -2.18. The molecular formula is C18H16ClNO2S. The molecule has 1 heterocycles. The molecule has 23 heavy (non-hydrogen) atoms. The van der Waals surface area contributed by atoms with Gasteiger partial charge in [0.25, 0.3) is 0 Å². The normalized spacial score (nSPS) is 16.6. The van der Waals surface area contributed by atoms with E-state index in [1.165, 1.54) is 0 Å². The van der Waals surface area contributed by atoms with E-state index in [-0.39, 0.29) is 5.78 Å². The number of benzene rings is 2. The summed E-state index contributed by atoms with van der Waals surface area (Å²) in [5.74, 6) is 0.522. The quantitative estimate of drug-likeness (QED) is 0.829. The maximum atomic E-state index is 12.8. The van der Waals surface area contributed by atoms with Gasteiger partial charge in [0.15, 0.2) is 5.60 Å². The number of nitrogens with two attached hydrogens (primary N) is 1. The Morgan fingerprint density at radius 1 is 1.09 bits per heavy atom. The third-order valence-corrected chi connectivity index (χ3v) is 4.78. The molecule has 0 radical (unpaired) electrons. The SMILES string of the molecule is CC1(C)OC(c2ccc(SN)c(Cl)c2)=C(c2ccccc2)C1=O. The van der Waals surface area contributed by atoms with E-state index in [2.05, 4.69) is 0 Å². The van der Waals surface area contributed by atoms with Gasteiger partial charge in [-0.3, -0.25) is 9.93 Å². The molecule has 5 heteroatoms. The topological polar surface area (TPSA) is 52.3 Å². The predicted octanol–water partition coefficient (Wildman–Crippen LogP) is 4.55. The standard InChI is InChI=1S/C18H16ClNO2S/c1-18(2)17(21)15(11-6-4-3-5-7-11)16(22-18)12-8-9-14(23-20)13(19)10-12/h3-10H,20H2,1-2H3. The molecule has 118 valence electrons. The molecule has 2 aromatic rings. The van der Waals surface area contributed by atoms with Gasteiger partial charge >= 0.3 is 0 Å². The van der Waals surface area contributed by atoms with Crippen LogP contribution < -0.4 is 5.14 Å². The van der Waals surface area contributed by atoms with Crippen LogP contribution in [0.2, 0.25) is 5.02 Å². The van der Waals surface area contributed by atoms with Crippen LogP contribution in [0.3, 0.4) is 0 Å². The van der Waals surface area contributed by atoms with Crippen LogP contribution in [-0.4, -0.2) is 11.4 Å². The minimum absolute atomic E-state index is 0.0351. The Labute approximate surface area is 144 Å². The summed E-state index contributed by atoms with van der Waals surface area (Å²) in [7, 11) is 0. The summed E-state index contributed by atoms with van der Waals surface area (Å²) in [6, 6.07) is 15.0. The molecule has 1 aliphatic rings.